The minimum Gasteiger partial charge on any atom is -0.444 e. The van der Waals surface area contributed by atoms with Crippen molar-refractivity contribution in [3.05, 3.63) is 59.7 Å². The van der Waals surface area contributed by atoms with Crippen LogP contribution in [-0.2, 0) is 25.4 Å². The summed E-state index contributed by atoms with van der Waals surface area (Å²) in [6, 6.07) is 14.4. The van der Waals surface area contributed by atoms with E-state index in [0.717, 1.165) is 11.1 Å². The maximum Gasteiger partial charge on any atom is 0.414 e. The van der Waals surface area contributed by atoms with Crippen LogP contribution in [0, 0.1) is 0 Å². The third-order valence-electron chi connectivity index (χ3n) is 5.24. The number of nitrogens with one attached hydrogen (secondary N) is 4. The number of hydrogen-bond donors (Lipinski definition) is 4. The fourth-order valence-corrected chi connectivity index (χ4v) is 3.65. The van der Waals surface area contributed by atoms with Gasteiger partial charge in [0.05, 0.1) is 11.4 Å². The van der Waals surface area contributed by atoms with Crippen LogP contribution in [0.1, 0.15) is 94.2 Å². The molecule has 0 spiro atoms. The lowest BCUT2D eigenvalue weighted by Crippen LogP contribution is -2.47. The number of aliphatic imine (C=N–C) groups is 2. The van der Waals surface area contributed by atoms with Crippen LogP contribution in [0.5, 0.6) is 0 Å². The fourth-order valence-electron chi connectivity index (χ4n) is 3.65. The highest BCUT2D eigenvalue weighted by Gasteiger charge is 2.23. The van der Waals surface area contributed by atoms with Crippen molar-refractivity contribution in [2.45, 2.75) is 112 Å². The van der Waals surface area contributed by atoms with Gasteiger partial charge in [-0.15, -0.1) is 0 Å². The summed E-state index contributed by atoms with van der Waals surface area (Å²) in [4.78, 5) is 58.3. The molecule has 2 aromatic carbocycles. The predicted octanol–water partition coefficient (Wildman–Crippen LogP) is 7.35. The van der Waals surface area contributed by atoms with Gasteiger partial charge in [0.15, 0.2) is 0 Å². The number of guanidine groups is 2. The number of carbonyl (C=O) groups is 4. The van der Waals surface area contributed by atoms with Crippen molar-refractivity contribution in [1.82, 2.24) is 21.3 Å². The molecule has 0 aliphatic carbocycles. The standard InChI is InChI=1S/C35H50N6O8/c1-32(2,3)46-28(42)38-26(39-29(43)47-33(4,5)6)36-24-17-13-22(14-18-24)21-23-15-19-25(20-16-23)37-27(40-30(44)48-34(7,8)9)41-31(45)49-35(10,11)12/h13-20H,21H2,1-12H3,(H2,36,38,39,42,43)(H2,37,40,41,44,45). The first-order chi connectivity index (χ1) is 22.3. The van der Waals surface area contributed by atoms with Gasteiger partial charge in [0.1, 0.15) is 22.4 Å². The third kappa shape index (κ3) is 18.1. The van der Waals surface area contributed by atoms with E-state index in [2.05, 4.69) is 31.3 Å². The fraction of sp³-hybridized carbons (Fsp3) is 0.486. The molecule has 0 atom stereocenters. The molecule has 0 heterocycles. The van der Waals surface area contributed by atoms with E-state index >= 15 is 0 Å². The zero-order valence-corrected chi connectivity index (χ0v) is 30.5. The molecule has 0 radical (unpaired) electrons. The second-order valence-corrected chi connectivity index (χ2v) is 14.9. The molecule has 0 unspecified atom stereocenters. The molecule has 4 N–H and O–H groups in total. The summed E-state index contributed by atoms with van der Waals surface area (Å²) in [6.45, 7) is 20.6. The van der Waals surface area contributed by atoms with E-state index in [9.17, 15) is 19.2 Å². The number of amides is 4. The molecule has 0 aliphatic rings. The summed E-state index contributed by atoms with van der Waals surface area (Å²) >= 11 is 0. The number of alkyl carbamates (subject to hydrolysis) is 4. The van der Waals surface area contributed by atoms with E-state index in [1.807, 2.05) is 24.3 Å². The van der Waals surface area contributed by atoms with Gasteiger partial charge in [-0.2, -0.15) is 0 Å². The average molecular weight is 683 g/mol. The molecule has 0 aromatic heterocycles. The second-order valence-electron chi connectivity index (χ2n) is 14.9. The molecule has 2 rings (SSSR count). The normalized spacial score (nSPS) is 11.7. The molecule has 268 valence electrons. The van der Waals surface area contributed by atoms with Crippen molar-refractivity contribution in [1.29, 1.82) is 0 Å². The Morgan fingerprint density at radius 1 is 0.449 bits per heavy atom. The Balaban J connectivity index is 2.21. The number of ether oxygens (including phenoxy) is 4. The molecular weight excluding hydrogens is 632 g/mol. The topological polar surface area (TPSA) is 178 Å². The highest BCUT2D eigenvalue weighted by atomic mass is 16.6. The van der Waals surface area contributed by atoms with Crippen molar-refractivity contribution in [3.8, 4) is 0 Å². The third-order valence-corrected chi connectivity index (χ3v) is 5.24. The Morgan fingerprint density at radius 3 is 0.878 bits per heavy atom. The summed E-state index contributed by atoms with van der Waals surface area (Å²) in [5, 5.41) is 9.83. The minimum absolute atomic E-state index is 0.158. The van der Waals surface area contributed by atoms with Crippen LogP contribution < -0.4 is 21.3 Å². The van der Waals surface area contributed by atoms with Gasteiger partial charge in [-0.25, -0.2) is 29.2 Å². The Bertz CT molecular complexity index is 1340. The molecule has 0 fully saturated rings. The Labute approximate surface area is 288 Å². The van der Waals surface area contributed by atoms with Gasteiger partial charge >= 0.3 is 24.4 Å². The van der Waals surface area contributed by atoms with Crippen LogP contribution in [0.2, 0.25) is 0 Å². The molecule has 0 saturated carbocycles. The van der Waals surface area contributed by atoms with Gasteiger partial charge in [0.2, 0.25) is 11.9 Å². The Kier molecular flexibility index (Phi) is 13.3. The first-order valence-corrected chi connectivity index (χ1v) is 15.7. The van der Waals surface area contributed by atoms with Gasteiger partial charge < -0.3 is 18.9 Å². The lowest BCUT2D eigenvalue weighted by Gasteiger charge is -2.22. The first-order valence-electron chi connectivity index (χ1n) is 15.7. The van der Waals surface area contributed by atoms with Crippen molar-refractivity contribution >= 4 is 47.7 Å². The molecular formula is C35H50N6O8. The Morgan fingerprint density at radius 2 is 0.673 bits per heavy atom. The maximum absolute atomic E-state index is 12.4. The summed E-state index contributed by atoms with van der Waals surface area (Å²) in [5.74, 6) is -0.317. The van der Waals surface area contributed by atoms with Gasteiger partial charge in [-0.3, -0.25) is 21.3 Å². The van der Waals surface area contributed by atoms with Crippen LogP contribution in [0.25, 0.3) is 0 Å². The summed E-state index contributed by atoms with van der Waals surface area (Å²) in [5.41, 5.74) is -0.219. The summed E-state index contributed by atoms with van der Waals surface area (Å²) < 4.78 is 21.2. The molecule has 0 aliphatic heterocycles. The number of rotatable bonds is 4. The van der Waals surface area contributed by atoms with E-state index in [0.29, 0.717) is 17.8 Å². The van der Waals surface area contributed by atoms with Crippen molar-refractivity contribution in [3.63, 3.8) is 0 Å². The predicted molar refractivity (Wildman–Crippen MR) is 187 cm³/mol. The van der Waals surface area contributed by atoms with E-state index in [-0.39, 0.29) is 11.9 Å². The van der Waals surface area contributed by atoms with E-state index in [4.69, 9.17) is 18.9 Å². The van der Waals surface area contributed by atoms with Crippen molar-refractivity contribution in [2.75, 3.05) is 0 Å². The second kappa shape index (κ2) is 16.3. The smallest absolute Gasteiger partial charge is 0.414 e. The molecule has 2 aromatic rings. The zero-order valence-electron chi connectivity index (χ0n) is 30.5. The zero-order chi connectivity index (χ0) is 37.2. The van der Waals surface area contributed by atoms with Gasteiger partial charge in [0.25, 0.3) is 0 Å². The van der Waals surface area contributed by atoms with Crippen LogP contribution in [0.4, 0.5) is 30.6 Å². The average Bonchev–Trinajstić information content (AvgIpc) is 2.86. The van der Waals surface area contributed by atoms with Crippen LogP contribution in [-0.4, -0.2) is 58.7 Å². The molecule has 14 nitrogen and oxygen atoms in total. The quantitative estimate of drug-likeness (QED) is 0.147. The lowest BCUT2D eigenvalue weighted by molar-refractivity contribution is 0.0521. The largest absolute Gasteiger partial charge is 0.444 e. The molecule has 4 amide bonds. The number of nitrogens with zero attached hydrogens (tertiary/aromatic N) is 2. The molecule has 0 bridgehead atoms. The van der Waals surface area contributed by atoms with Gasteiger partial charge in [-0.05, 0) is 125 Å². The SMILES string of the molecule is CC(C)(C)OC(=O)NC(=Nc1ccc(Cc2ccc(N=C(NC(=O)OC(C)(C)C)NC(=O)OC(C)(C)C)cc2)cc1)NC(=O)OC(C)(C)C. The molecule has 49 heavy (non-hydrogen) atoms. The minimum atomic E-state index is -0.792. The van der Waals surface area contributed by atoms with Crippen molar-refractivity contribution < 1.29 is 38.1 Å². The number of carbonyl (C=O) groups excluding carboxylic acids is 4. The lowest BCUT2D eigenvalue weighted by atomic mass is 10.0. The highest BCUT2D eigenvalue weighted by molar-refractivity contribution is 6.03. The van der Waals surface area contributed by atoms with Crippen LogP contribution in [0.3, 0.4) is 0 Å². The van der Waals surface area contributed by atoms with Crippen LogP contribution >= 0.6 is 0 Å². The summed E-state index contributed by atoms with van der Waals surface area (Å²) in [6.07, 6.45) is -2.60. The number of benzene rings is 2. The number of hydrogen-bond acceptors (Lipinski definition) is 10. The van der Waals surface area contributed by atoms with Gasteiger partial charge in [-0.1, -0.05) is 24.3 Å². The van der Waals surface area contributed by atoms with E-state index in [1.165, 1.54) is 0 Å². The molecule has 14 heteroatoms. The summed E-state index contributed by atoms with van der Waals surface area (Å²) in [7, 11) is 0. The van der Waals surface area contributed by atoms with E-state index < -0.39 is 46.8 Å². The van der Waals surface area contributed by atoms with Crippen LogP contribution in [0.15, 0.2) is 58.5 Å². The van der Waals surface area contributed by atoms with E-state index in [1.54, 1.807) is 107 Å². The first kappa shape index (κ1) is 40.0. The maximum atomic E-state index is 12.4. The Hall–Kier alpha value is -5.14. The molecule has 0 saturated heterocycles. The monoisotopic (exact) mass is 682 g/mol. The van der Waals surface area contributed by atoms with Crippen molar-refractivity contribution in [2.24, 2.45) is 9.98 Å². The highest BCUT2D eigenvalue weighted by Crippen LogP contribution is 2.19. The van der Waals surface area contributed by atoms with Gasteiger partial charge in [0, 0.05) is 0 Å².